The lowest BCUT2D eigenvalue weighted by Gasteiger charge is -2.13. The van der Waals surface area contributed by atoms with Gasteiger partial charge in [-0.25, -0.2) is 0 Å². The van der Waals surface area contributed by atoms with Crippen LogP contribution in [0, 0.1) is 0 Å². The molecular weight excluding hydrogens is 328 g/mol. The number of nitrogens with one attached hydrogen (secondary N) is 1. The van der Waals surface area contributed by atoms with Crippen LogP contribution in [0.4, 0.5) is 5.69 Å². The lowest BCUT2D eigenvalue weighted by Crippen LogP contribution is -2.86. The van der Waals surface area contributed by atoms with Crippen LogP contribution < -0.4 is 20.1 Å². The number of quaternary nitrogens is 1. The number of amides is 1. The van der Waals surface area contributed by atoms with Crippen molar-refractivity contribution in [3.63, 3.8) is 0 Å². The third-order valence-corrected chi connectivity index (χ3v) is 3.99. The Hall–Kier alpha value is -2.24. The molecule has 0 aliphatic heterocycles. The van der Waals surface area contributed by atoms with E-state index in [1.807, 2.05) is 36.5 Å². The first-order valence-electron chi connectivity index (χ1n) is 7.64. The molecule has 0 aromatic heterocycles. The minimum absolute atomic E-state index is 0.0979. The Morgan fingerprint density at radius 2 is 1.88 bits per heavy atom. The van der Waals surface area contributed by atoms with Crippen LogP contribution in [0.2, 0.25) is 5.02 Å². The summed E-state index contributed by atoms with van der Waals surface area (Å²) >= 11 is 5.89. The number of halogens is 1. The van der Waals surface area contributed by atoms with Gasteiger partial charge in [0.1, 0.15) is 17.5 Å². The van der Waals surface area contributed by atoms with E-state index < -0.39 is 0 Å². The lowest BCUT2D eigenvalue weighted by atomic mass is 10.1. The van der Waals surface area contributed by atoms with Gasteiger partial charge in [0, 0.05) is 16.7 Å². The third-order valence-electron chi connectivity index (χ3n) is 3.74. The van der Waals surface area contributed by atoms with Crippen molar-refractivity contribution >= 4 is 23.2 Å². The second-order valence-electron chi connectivity index (χ2n) is 5.39. The number of nitrogens with two attached hydrogens (primary N) is 1. The van der Waals surface area contributed by atoms with Gasteiger partial charge in [0.15, 0.2) is 6.54 Å². The number of anilines is 1. The molecule has 0 spiro atoms. The van der Waals surface area contributed by atoms with Gasteiger partial charge < -0.3 is 20.1 Å². The summed E-state index contributed by atoms with van der Waals surface area (Å²) in [6.45, 7) is 2.35. The Morgan fingerprint density at radius 1 is 1.17 bits per heavy atom. The number of benzene rings is 2. The maximum absolute atomic E-state index is 12.2. The highest BCUT2D eigenvalue weighted by Gasteiger charge is 2.13. The minimum Gasteiger partial charge on any atom is -0.497 e. The molecule has 3 N–H and O–H groups in total. The average Bonchev–Trinajstić information content (AvgIpc) is 2.60. The van der Waals surface area contributed by atoms with Crippen molar-refractivity contribution in [3.05, 3.63) is 53.1 Å². The largest absolute Gasteiger partial charge is 0.497 e. The van der Waals surface area contributed by atoms with E-state index in [1.165, 1.54) is 0 Å². The van der Waals surface area contributed by atoms with E-state index in [2.05, 4.69) is 5.32 Å². The molecule has 24 heavy (non-hydrogen) atoms. The summed E-state index contributed by atoms with van der Waals surface area (Å²) in [6.07, 6.45) is 0. The summed E-state index contributed by atoms with van der Waals surface area (Å²) in [4.78, 5) is 12.2. The van der Waals surface area contributed by atoms with Crippen LogP contribution in [0.15, 0.2) is 42.5 Å². The normalized spacial score (nSPS) is 11.7. The first-order chi connectivity index (χ1) is 11.5. The van der Waals surface area contributed by atoms with Gasteiger partial charge in [-0.2, -0.15) is 0 Å². The first kappa shape index (κ1) is 18.1. The lowest BCUT2D eigenvalue weighted by molar-refractivity contribution is -0.682. The van der Waals surface area contributed by atoms with E-state index >= 15 is 0 Å². The first-order valence-corrected chi connectivity index (χ1v) is 8.02. The zero-order chi connectivity index (χ0) is 17.5. The van der Waals surface area contributed by atoms with Gasteiger partial charge in [0.2, 0.25) is 0 Å². The molecule has 2 aromatic carbocycles. The van der Waals surface area contributed by atoms with Gasteiger partial charge in [-0.15, -0.1) is 0 Å². The smallest absolute Gasteiger partial charge is 0.279 e. The number of hydrogen-bond donors (Lipinski definition) is 2. The molecule has 0 saturated heterocycles. The molecule has 0 radical (unpaired) electrons. The Bertz CT molecular complexity index is 689. The second kappa shape index (κ2) is 8.57. The number of methoxy groups -OCH3 is 2. The Morgan fingerprint density at radius 3 is 2.50 bits per heavy atom. The summed E-state index contributed by atoms with van der Waals surface area (Å²) < 4.78 is 10.4. The van der Waals surface area contributed by atoms with Crippen molar-refractivity contribution in [1.82, 2.24) is 0 Å². The predicted octanol–water partition coefficient (Wildman–Crippen LogP) is 2.62. The third kappa shape index (κ3) is 4.88. The highest BCUT2D eigenvalue weighted by Crippen LogP contribution is 2.28. The van der Waals surface area contributed by atoms with Crippen molar-refractivity contribution in [2.45, 2.75) is 13.0 Å². The fourth-order valence-electron chi connectivity index (χ4n) is 2.29. The molecular formula is C18H22ClN2O3+. The SMILES string of the molecule is COc1ccc(NC(=O)C[NH2+][C@@H](C)c2ccc(Cl)cc2)c(OC)c1. The fourth-order valence-corrected chi connectivity index (χ4v) is 2.42. The van der Waals surface area contributed by atoms with Gasteiger partial charge in [-0.05, 0) is 31.2 Å². The molecule has 5 nitrogen and oxygen atoms in total. The highest BCUT2D eigenvalue weighted by molar-refractivity contribution is 6.30. The predicted molar refractivity (Wildman–Crippen MR) is 94.8 cm³/mol. The van der Waals surface area contributed by atoms with Gasteiger partial charge in [0.25, 0.3) is 5.91 Å². The van der Waals surface area contributed by atoms with E-state index in [9.17, 15) is 4.79 Å². The topological polar surface area (TPSA) is 64.2 Å². The van der Waals surface area contributed by atoms with Crippen LogP contribution in [0.25, 0.3) is 0 Å². The molecule has 1 atom stereocenters. The Labute approximate surface area is 146 Å². The fraction of sp³-hybridized carbons (Fsp3) is 0.278. The van der Waals surface area contributed by atoms with Crippen LogP contribution in [0.3, 0.4) is 0 Å². The summed E-state index contributed by atoms with van der Waals surface area (Å²) in [5, 5.41) is 5.53. The van der Waals surface area contributed by atoms with Crippen LogP contribution in [-0.4, -0.2) is 26.7 Å². The Kier molecular flexibility index (Phi) is 6.46. The van der Waals surface area contributed by atoms with Crippen LogP contribution in [0.1, 0.15) is 18.5 Å². The molecule has 0 saturated carbocycles. The van der Waals surface area contributed by atoms with Gasteiger partial charge in [0.05, 0.1) is 19.9 Å². The van der Waals surface area contributed by atoms with Gasteiger partial charge in [-0.3, -0.25) is 4.79 Å². The molecule has 128 valence electrons. The number of carbonyl (C=O) groups is 1. The standard InChI is InChI=1S/C18H21ClN2O3/c1-12(13-4-6-14(19)7-5-13)20-11-18(22)21-16-9-8-15(23-2)10-17(16)24-3/h4-10,12,20H,11H2,1-3H3,(H,21,22)/p+1/t12-/m0/s1. The quantitative estimate of drug-likeness (QED) is 0.807. The molecule has 1 amide bonds. The van der Waals surface area contributed by atoms with E-state index in [-0.39, 0.29) is 11.9 Å². The van der Waals surface area contributed by atoms with Crippen molar-refractivity contribution < 1.29 is 19.6 Å². The van der Waals surface area contributed by atoms with Crippen molar-refractivity contribution in [2.24, 2.45) is 0 Å². The average molecular weight is 350 g/mol. The molecule has 0 unspecified atom stereocenters. The summed E-state index contributed by atoms with van der Waals surface area (Å²) in [5.41, 5.74) is 1.74. The van der Waals surface area contributed by atoms with E-state index in [4.69, 9.17) is 21.1 Å². The van der Waals surface area contributed by atoms with E-state index in [0.717, 1.165) is 5.56 Å². The molecule has 0 aliphatic carbocycles. The zero-order valence-corrected chi connectivity index (χ0v) is 14.8. The molecule has 0 bridgehead atoms. The molecule has 2 rings (SSSR count). The number of hydrogen-bond acceptors (Lipinski definition) is 3. The van der Waals surface area contributed by atoms with Crippen LogP contribution >= 0.6 is 11.6 Å². The number of ether oxygens (including phenoxy) is 2. The van der Waals surface area contributed by atoms with Gasteiger partial charge in [-0.1, -0.05) is 23.7 Å². The monoisotopic (exact) mass is 349 g/mol. The number of rotatable bonds is 7. The maximum atomic E-state index is 12.2. The van der Waals surface area contributed by atoms with Crippen molar-refractivity contribution in [3.8, 4) is 11.5 Å². The van der Waals surface area contributed by atoms with Crippen LogP contribution in [-0.2, 0) is 4.79 Å². The summed E-state index contributed by atoms with van der Waals surface area (Å²) in [5.74, 6) is 1.14. The van der Waals surface area contributed by atoms with E-state index in [1.54, 1.807) is 32.4 Å². The Balaban J connectivity index is 1.92. The second-order valence-corrected chi connectivity index (χ2v) is 5.83. The summed E-state index contributed by atoms with van der Waals surface area (Å²) in [6, 6.07) is 13.1. The zero-order valence-electron chi connectivity index (χ0n) is 14.0. The molecule has 0 heterocycles. The van der Waals surface area contributed by atoms with Gasteiger partial charge >= 0.3 is 0 Å². The summed E-state index contributed by atoms with van der Waals surface area (Å²) in [7, 11) is 3.14. The minimum atomic E-state index is -0.0979. The molecule has 0 fully saturated rings. The van der Waals surface area contributed by atoms with E-state index in [0.29, 0.717) is 28.8 Å². The van der Waals surface area contributed by atoms with Crippen LogP contribution in [0.5, 0.6) is 11.5 Å². The number of carbonyl (C=O) groups excluding carboxylic acids is 1. The molecule has 2 aromatic rings. The maximum Gasteiger partial charge on any atom is 0.279 e. The molecule has 0 aliphatic rings. The highest BCUT2D eigenvalue weighted by atomic mass is 35.5. The molecule has 6 heteroatoms. The van der Waals surface area contributed by atoms with Crippen molar-refractivity contribution in [2.75, 3.05) is 26.1 Å². The van der Waals surface area contributed by atoms with Crippen molar-refractivity contribution in [1.29, 1.82) is 0 Å².